The van der Waals surface area contributed by atoms with Gasteiger partial charge in [-0.25, -0.2) is 18.2 Å². The summed E-state index contributed by atoms with van der Waals surface area (Å²) in [7, 11) is -3.59. The standard InChI is InChI=1S/C9H10N4O2S/c1-7-3-2-4-8(5-7)16(14,15)13-9-10-6-11-12-9/h2-6H,1H3,(H2,10,11,12,13). The van der Waals surface area contributed by atoms with Gasteiger partial charge in [0.2, 0.25) is 5.95 Å². The second-order valence-corrected chi connectivity index (χ2v) is 4.94. The molecular weight excluding hydrogens is 228 g/mol. The predicted molar refractivity (Wildman–Crippen MR) is 58.4 cm³/mol. The van der Waals surface area contributed by atoms with Gasteiger partial charge in [0.15, 0.2) is 0 Å². The van der Waals surface area contributed by atoms with Crippen LogP contribution in [0.5, 0.6) is 0 Å². The first-order valence-electron chi connectivity index (χ1n) is 4.53. The van der Waals surface area contributed by atoms with Gasteiger partial charge in [0.25, 0.3) is 10.0 Å². The van der Waals surface area contributed by atoms with Crippen molar-refractivity contribution < 1.29 is 8.42 Å². The van der Waals surface area contributed by atoms with Crippen LogP contribution in [0.3, 0.4) is 0 Å². The molecule has 0 aliphatic heterocycles. The Morgan fingerprint density at radius 2 is 2.19 bits per heavy atom. The van der Waals surface area contributed by atoms with Gasteiger partial charge in [-0.1, -0.05) is 12.1 Å². The van der Waals surface area contributed by atoms with Crippen LogP contribution in [0.4, 0.5) is 5.95 Å². The molecule has 0 unspecified atom stereocenters. The minimum absolute atomic E-state index is 0.0986. The highest BCUT2D eigenvalue weighted by molar-refractivity contribution is 7.92. The van der Waals surface area contributed by atoms with Crippen LogP contribution in [0.2, 0.25) is 0 Å². The highest BCUT2D eigenvalue weighted by Gasteiger charge is 2.15. The van der Waals surface area contributed by atoms with Crippen LogP contribution >= 0.6 is 0 Å². The Balaban J connectivity index is 2.33. The summed E-state index contributed by atoms with van der Waals surface area (Å²) in [6.07, 6.45) is 1.23. The van der Waals surface area contributed by atoms with Crippen molar-refractivity contribution in [2.24, 2.45) is 0 Å². The molecule has 0 bridgehead atoms. The quantitative estimate of drug-likeness (QED) is 0.832. The van der Waals surface area contributed by atoms with Crippen molar-refractivity contribution in [1.82, 2.24) is 15.2 Å². The number of anilines is 1. The van der Waals surface area contributed by atoms with Crippen molar-refractivity contribution in [3.63, 3.8) is 0 Å². The van der Waals surface area contributed by atoms with Crippen LogP contribution < -0.4 is 4.72 Å². The van der Waals surface area contributed by atoms with E-state index in [1.54, 1.807) is 12.1 Å². The summed E-state index contributed by atoms with van der Waals surface area (Å²) >= 11 is 0. The number of aromatic amines is 1. The van der Waals surface area contributed by atoms with Gasteiger partial charge < -0.3 is 0 Å². The van der Waals surface area contributed by atoms with Crippen LogP contribution in [0, 0.1) is 6.92 Å². The smallest absolute Gasteiger partial charge is 0.248 e. The molecule has 0 aliphatic carbocycles. The maximum Gasteiger partial charge on any atom is 0.264 e. The first kappa shape index (κ1) is 10.6. The Labute approximate surface area is 92.8 Å². The summed E-state index contributed by atoms with van der Waals surface area (Å²) in [6, 6.07) is 6.61. The van der Waals surface area contributed by atoms with E-state index in [4.69, 9.17) is 0 Å². The van der Waals surface area contributed by atoms with Crippen LogP contribution in [0.25, 0.3) is 0 Å². The lowest BCUT2D eigenvalue weighted by atomic mass is 10.2. The summed E-state index contributed by atoms with van der Waals surface area (Å²) in [4.78, 5) is 3.89. The summed E-state index contributed by atoms with van der Waals surface area (Å²) in [5.41, 5.74) is 0.875. The van der Waals surface area contributed by atoms with E-state index in [0.29, 0.717) is 0 Å². The Morgan fingerprint density at radius 3 is 2.81 bits per heavy atom. The molecule has 1 aromatic heterocycles. The van der Waals surface area contributed by atoms with Crippen molar-refractivity contribution in [2.45, 2.75) is 11.8 Å². The molecule has 16 heavy (non-hydrogen) atoms. The van der Waals surface area contributed by atoms with E-state index >= 15 is 0 Å². The Morgan fingerprint density at radius 1 is 1.38 bits per heavy atom. The van der Waals surface area contributed by atoms with Crippen LogP contribution in [-0.2, 0) is 10.0 Å². The Hall–Kier alpha value is -1.89. The molecule has 0 radical (unpaired) electrons. The van der Waals surface area contributed by atoms with E-state index in [1.165, 1.54) is 12.4 Å². The van der Waals surface area contributed by atoms with Gasteiger partial charge in [0, 0.05) is 0 Å². The molecule has 84 valence electrons. The normalized spacial score (nSPS) is 11.3. The molecule has 2 rings (SSSR count). The highest BCUT2D eigenvalue weighted by Crippen LogP contribution is 2.13. The molecule has 0 atom stereocenters. The van der Waals surface area contributed by atoms with Gasteiger partial charge in [-0.05, 0) is 24.6 Å². The molecule has 6 nitrogen and oxygen atoms in total. The zero-order valence-corrected chi connectivity index (χ0v) is 9.32. The average molecular weight is 238 g/mol. The van der Waals surface area contributed by atoms with Crippen molar-refractivity contribution in [3.8, 4) is 0 Å². The van der Waals surface area contributed by atoms with E-state index in [-0.39, 0.29) is 10.8 Å². The van der Waals surface area contributed by atoms with E-state index in [0.717, 1.165) is 5.56 Å². The number of nitrogens with one attached hydrogen (secondary N) is 2. The van der Waals surface area contributed by atoms with Crippen LogP contribution in [0.15, 0.2) is 35.5 Å². The first-order chi connectivity index (χ1) is 7.58. The summed E-state index contributed by atoms with van der Waals surface area (Å²) < 4.78 is 26.0. The van der Waals surface area contributed by atoms with Gasteiger partial charge in [-0.2, -0.15) is 10.1 Å². The number of sulfonamides is 1. The second kappa shape index (κ2) is 3.93. The molecule has 0 amide bonds. The van der Waals surface area contributed by atoms with E-state index in [2.05, 4.69) is 19.9 Å². The fourth-order valence-electron chi connectivity index (χ4n) is 1.22. The van der Waals surface area contributed by atoms with E-state index in [1.807, 2.05) is 13.0 Å². The summed E-state index contributed by atoms with van der Waals surface area (Å²) in [6.45, 7) is 1.83. The molecule has 0 spiro atoms. The first-order valence-corrected chi connectivity index (χ1v) is 6.01. The molecular formula is C9H10N4O2S. The van der Waals surface area contributed by atoms with Gasteiger partial charge >= 0.3 is 0 Å². The van der Waals surface area contributed by atoms with Crippen molar-refractivity contribution >= 4 is 16.0 Å². The zero-order chi connectivity index (χ0) is 11.6. The monoisotopic (exact) mass is 238 g/mol. The van der Waals surface area contributed by atoms with Crippen LogP contribution in [-0.4, -0.2) is 23.6 Å². The second-order valence-electron chi connectivity index (χ2n) is 3.26. The lowest BCUT2D eigenvalue weighted by Gasteiger charge is -2.05. The maximum atomic E-state index is 11.9. The number of nitrogens with zero attached hydrogens (tertiary/aromatic N) is 2. The van der Waals surface area contributed by atoms with Gasteiger partial charge in [-0.15, -0.1) is 0 Å². The molecule has 7 heteroatoms. The molecule has 1 aromatic carbocycles. The molecule has 0 fully saturated rings. The lowest BCUT2D eigenvalue weighted by Crippen LogP contribution is -2.14. The third-order valence-electron chi connectivity index (χ3n) is 1.95. The number of hydrogen-bond acceptors (Lipinski definition) is 4. The van der Waals surface area contributed by atoms with Gasteiger partial charge in [-0.3, -0.25) is 0 Å². The lowest BCUT2D eigenvalue weighted by molar-refractivity contribution is 0.600. The van der Waals surface area contributed by atoms with Crippen molar-refractivity contribution in [2.75, 3.05) is 4.72 Å². The minimum atomic E-state index is -3.59. The number of hydrogen-bond donors (Lipinski definition) is 2. The number of aromatic nitrogens is 3. The third-order valence-corrected chi connectivity index (χ3v) is 3.28. The molecule has 0 saturated carbocycles. The SMILES string of the molecule is Cc1cccc(S(=O)(=O)Nc2ncn[nH]2)c1. The van der Waals surface area contributed by atoms with E-state index in [9.17, 15) is 8.42 Å². The fourth-order valence-corrected chi connectivity index (χ4v) is 2.29. The number of rotatable bonds is 3. The third kappa shape index (κ3) is 2.19. The molecule has 2 N–H and O–H groups in total. The van der Waals surface area contributed by atoms with Gasteiger partial charge in [0.1, 0.15) is 6.33 Å². The van der Waals surface area contributed by atoms with Crippen molar-refractivity contribution in [1.29, 1.82) is 0 Å². The number of benzene rings is 1. The van der Waals surface area contributed by atoms with Crippen LogP contribution in [0.1, 0.15) is 5.56 Å². The van der Waals surface area contributed by atoms with Crippen molar-refractivity contribution in [3.05, 3.63) is 36.2 Å². The average Bonchev–Trinajstić information content (AvgIpc) is 2.70. The fraction of sp³-hybridized carbons (Fsp3) is 0.111. The minimum Gasteiger partial charge on any atom is -0.248 e. The maximum absolute atomic E-state index is 11.9. The molecule has 1 heterocycles. The number of aryl methyl sites for hydroxylation is 1. The zero-order valence-electron chi connectivity index (χ0n) is 8.51. The Kier molecular flexibility index (Phi) is 2.61. The summed E-state index contributed by atoms with van der Waals surface area (Å²) in [5, 5.41) is 5.98. The highest BCUT2D eigenvalue weighted by atomic mass is 32.2. The van der Waals surface area contributed by atoms with Gasteiger partial charge in [0.05, 0.1) is 4.90 Å². The summed E-state index contributed by atoms with van der Waals surface area (Å²) in [5.74, 6) is 0.0986. The predicted octanol–water partition coefficient (Wildman–Crippen LogP) is 0.914. The molecule has 0 saturated heterocycles. The molecule has 2 aromatic rings. The largest absolute Gasteiger partial charge is 0.264 e. The van der Waals surface area contributed by atoms with E-state index < -0.39 is 10.0 Å². The number of H-pyrrole nitrogens is 1. The molecule has 0 aliphatic rings. The Bertz CT molecular complexity index is 577. The topological polar surface area (TPSA) is 87.7 Å².